The first-order valence-corrected chi connectivity index (χ1v) is 7.90. The predicted octanol–water partition coefficient (Wildman–Crippen LogP) is 3.88. The van der Waals surface area contributed by atoms with E-state index in [2.05, 4.69) is 20.3 Å². The molecule has 2 heterocycles. The lowest BCUT2D eigenvalue weighted by Crippen LogP contribution is -1.97. The molecule has 112 valence electrons. The average molecular weight is 312 g/mol. The van der Waals surface area contributed by atoms with E-state index < -0.39 is 0 Å². The minimum absolute atomic E-state index is 0.632. The third-order valence-corrected chi connectivity index (χ3v) is 3.75. The smallest absolute Gasteiger partial charge is 0.190 e. The van der Waals surface area contributed by atoms with Gasteiger partial charge in [-0.3, -0.25) is 0 Å². The summed E-state index contributed by atoms with van der Waals surface area (Å²) in [5.74, 6) is 1.38. The van der Waals surface area contributed by atoms with Crippen LogP contribution in [0, 0.1) is 0 Å². The van der Waals surface area contributed by atoms with Gasteiger partial charge in [0.1, 0.15) is 5.82 Å². The minimum Gasteiger partial charge on any atom is -0.377 e. The van der Waals surface area contributed by atoms with Crippen molar-refractivity contribution in [1.82, 2.24) is 15.0 Å². The van der Waals surface area contributed by atoms with Crippen LogP contribution >= 0.6 is 11.3 Å². The summed E-state index contributed by atoms with van der Waals surface area (Å²) in [6, 6.07) is 9.95. The summed E-state index contributed by atoms with van der Waals surface area (Å²) in [5, 5.41) is 6.00. The number of ether oxygens (including phenoxy) is 1. The van der Waals surface area contributed by atoms with Crippen LogP contribution in [0.4, 0.5) is 11.5 Å². The van der Waals surface area contributed by atoms with Gasteiger partial charge >= 0.3 is 0 Å². The van der Waals surface area contributed by atoms with Crippen LogP contribution in [0.1, 0.15) is 12.5 Å². The molecule has 0 aliphatic heterocycles. The Morgan fingerprint density at radius 2 is 1.95 bits per heavy atom. The fourth-order valence-electron chi connectivity index (χ4n) is 1.92. The van der Waals surface area contributed by atoms with Crippen LogP contribution in [0.15, 0.2) is 48.1 Å². The van der Waals surface area contributed by atoms with E-state index in [1.54, 1.807) is 12.4 Å². The number of hydrogen-bond acceptors (Lipinski definition) is 6. The molecule has 5 nitrogen and oxygen atoms in total. The van der Waals surface area contributed by atoms with E-state index in [0.717, 1.165) is 28.7 Å². The van der Waals surface area contributed by atoms with Crippen molar-refractivity contribution in [2.24, 2.45) is 0 Å². The van der Waals surface area contributed by atoms with Crippen molar-refractivity contribution < 1.29 is 4.74 Å². The number of rotatable bonds is 6. The van der Waals surface area contributed by atoms with E-state index in [9.17, 15) is 0 Å². The van der Waals surface area contributed by atoms with E-state index in [1.165, 1.54) is 11.3 Å². The Morgan fingerprint density at radius 3 is 2.68 bits per heavy atom. The fraction of sp³-hybridized carbons (Fsp3) is 0.188. The van der Waals surface area contributed by atoms with Crippen LogP contribution in [0.25, 0.3) is 10.8 Å². The highest BCUT2D eigenvalue weighted by atomic mass is 32.1. The molecule has 0 fully saturated rings. The molecule has 3 aromatic rings. The van der Waals surface area contributed by atoms with Crippen LogP contribution in [0.5, 0.6) is 0 Å². The highest BCUT2D eigenvalue weighted by molar-refractivity contribution is 7.12. The summed E-state index contributed by atoms with van der Waals surface area (Å²) in [4.78, 5) is 13.0. The summed E-state index contributed by atoms with van der Waals surface area (Å²) in [7, 11) is 0. The molecule has 0 saturated heterocycles. The topological polar surface area (TPSA) is 59.9 Å². The number of thiazole rings is 1. The zero-order valence-electron chi connectivity index (χ0n) is 12.2. The van der Waals surface area contributed by atoms with Gasteiger partial charge in [-0.05, 0) is 30.7 Å². The zero-order valence-corrected chi connectivity index (χ0v) is 13.0. The van der Waals surface area contributed by atoms with Crippen LogP contribution in [0.3, 0.4) is 0 Å². The van der Waals surface area contributed by atoms with Crippen molar-refractivity contribution in [2.45, 2.75) is 13.5 Å². The molecule has 0 aliphatic carbocycles. The second-order valence-electron chi connectivity index (χ2n) is 4.56. The monoisotopic (exact) mass is 312 g/mol. The molecule has 0 saturated carbocycles. The molecule has 0 aliphatic rings. The number of aromatic nitrogens is 3. The second-order valence-corrected chi connectivity index (χ2v) is 5.46. The van der Waals surface area contributed by atoms with Crippen LogP contribution in [-0.4, -0.2) is 21.6 Å². The van der Waals surface area contributed by atoms with E-state index in [0.29, 0.717) is 12.4 Å². The lowest BCUT2D eigenvalue weighted by Gasteiger charge is -2.07. The van der Waals surface area contributed by atoms with E-state index in [-0.39, 0.29) is 0 Å². The molecular weight excluding hydrogens is 296 g/mol. The van der Waals surface area contributed by atoms with E-state index >= 15 is 0 Å². The van der Waals surface area contributed by atoms with Crippen molar-refractivity contribution >= 4 is 22.8 Å². The Bertz CT molecular complexity index is 713. The predicted molar refractivity (Wildman–Crippen MR) is 88.2 cm³/mol. The van der Waals surface area contributed by atoms with Crippen molar-refractivity contribution in [1.29, 1.82) is 0 Å². The number of nitrogens with one attached hydrogen (secondary N) is 1. The molecule has 0 spiro atoms. The lowest BCUT2D eigenvalue weighted by molar-refractivity contribution is 0.134. The van der Waals surface area contributed by atoms with Gasteiger partial charge < -0.3 is 10.1 Å². The molecule has 22 heavy (non-hydrogen) atoms. The minimum atomic E-state index is 0.632. The van der Waals surface area contributed by atoms with Crippen molar-refractivity contribution in [3.63, 3.8) is 0 Å². The molecule has 0 amide bonds. The van der Waals surface area contributed by atoms with Crippen molar-refractivity contribution in [2.75, 3.05) is 11.9 Å². The maximum absolute atomic E-state index is 5.39. The van der Waals surface area contributed by atoms with Crippen molar-refractivity contribution in [3.8, 4) is 10.8 Å². The number of hydrogen-bond donors (Lipinski definition) is 1. The van der Waals surface area contributed by atoms with Gasteiger partial charge in [0, 0.05) is 30.1 Å². The molecule has 1 N–H and O–H groups in total. The lowest BCUT2D eigenvalue weighted by atomic mass is 10.2. The summed E-state index contributed by atoms with van der Waals surface area (Å²) >= 11 is 1.52. The molecule has 3 rings (SSSR count). The highest BCUT2D eigenvalue weighted by Gasteiger charge is 2.05. The van der Waals surface area contributed by atoms with Gasteiger partial charge in [-0.1, -0.05) is 12.1 Å². The summed E-state index contributed by atoms with van der Waals surface area (Å²) < 4.78 is 5.39. The molecule has 0 bridgehead atoms. The normalized spacial score (nSPS) is 10.6. The first kappa shape index (κ1) is 14.6. The van der Waals surface area contributed by atoms with Crippen LogP contribution in [-0.2, 0) is 11.3 Å². The first-order valence-electron chi connectivity index (χ1n) is 7.02. The fourth-order valence-corrected chi connectivity index (χ4v) is 2.49. The third-order valence-electron chi connectivity index (χ3n) is 2.98. The summed E-state index contributed by atoms with van der Waals surface area (Å²) in [5.41, 5.74) is 2.13. The van der Waals surface area contributed by atoms with Crippen molar-refractivity contribution in [3.05, 3.63) is 53.7 Å². The van der Waals surface area contributed by atoms with Gasteiger partial charge in [-0.2, -0.15) is 0 Å². The molecule has 2 aromatic heterocycles. The van der Waals surface area contributed by atoms with Gasteiger partial charge in [0.05, 0.1) is 6.61 Å². The SMILES string of the molecule is CCOCc1ccc(Nc2ccnc(-c3nccs3)n2)cc1. The van der Waals surface area contributed by atoms with E-state index in [1.807, 2.05) is 42.6 Å². The Balaban J connectivity index is 1.71. The number of nitrogens with zero attached hydrogens (tertiary/aromatic N) is 3. The van der Waals surface area contributed by atoms with Gasteiger partial charge in [0.2, 0.25) is 0 Å². The molecule has 0 radical (unpaired) electrons. The Hall–Kier alpha value is -2.31. The maximum atomic E-state index is 5.39. The average Bonchev–Trinajstić information content (AvgIpc) is 3.09. The van der Waals surface area contributed by atoms with Crippen LogP contribution < -0.4 is 5.32 Å². The Labute approximate surface area is 133 Å². The Kier molecular flexibility index (Phi) is 4.72. The van der Waals surface area contributed by atoms with E-state index in [4.69, 9.17) is 4.74 Å². The molecule has 0 atom stereocenters. The highest BCUT2D eigenvalue weighted by Crippen LogP contribution is 2.20. The van der Waals surface area contributed by atoms with Gasteiger partial charge in [-0.15, -0.1) is 11.3 Å². The van der Waals surface area contributed by atoms with Gasteiger partial charge in [0.25, 0.3) is 0 Å². The Morgan fingerprint density at radius 1 is 1.09 bits per heavy atom. The quantitative estimate of drug-likeness (QED) is 0.748. The van der Waals surface area contributed by atoms with Gasteiger partial charge in [0.15, 0.2) is 10.8 Å². The molecular formula is C16H16N4OS. The van der Waals surface area contributed by atoms with Crippen LogP contribution in [0.2, 0.25) is 0 Å². The zero-order chi connectivity index (χ0) is 15.2. The number of benzene rings is 1. The molecule has 6 heteroatoms. The maximum Gasteiger partial charge on any atom is 0.190 e. The van der Waals surface area contributed by atoms with Gasteiger partial charge in [-0.25, -0.2) is 15.0 Å². The third kappa shape index (κ3) is 3.66. The number of anilines is 2. The summed E-state index contributed by atoms with van der Waals surface area (Å²) in [6.07, 6.45) is 3.48. The molecule has 0 unspecified atom stereocenters. The largest absolute Gasteiger partial charge is 0.377 e. The standard InChI is InChI=1S/C16H16N4OS/c1-2-21-11-12-3-5-13(6-4-12)19-14-7-8-17-15(20-14)16-18-9-10-22-16/h3-10H,2,11H2,1H3,(H,17,19,20). The second kappa shape index (κ2) is 7.11. The first-order chi connectivity index (χ1) is 10.8. The summed E-state index contributed by atoms with van der Waals surface area (Å²) in [6.45, 7) is 3.35. The molecule has 1 aromatic carbocycles.